The van der Waals surface area contributed by atoms with Crippen molar-refractivity contribution in [2.75, 3.05) is 0 Å². The fourth-order valence-electron chi connectivity index (χ4n) is 2.27. The Hall–Kier alpha value is -1.25. The molecular formula is C12H14N2O. The van der Waals surface area contributed by atoms with E-state index in [-0.39, 0.29) is 5.78 Å². The van der Waals surface area contributed by atoms with Gasteiger partial charge in [0.1, 0.15) is 5.82 Å². The van der Waals surface area contributed by atoms with E-state index in [1.807, 2.05) is 0 Å². The van der Waals surface area contributed by atoms with Crippen LogP contribution in [0.3, 0.4) is 0 Å². The van der Waals surface area contributed by atoms with Crippen LogP contribution in [0.1, 0.15) is 54.0 Å². The van der Waals surface area contributed by atoms with E-state index < -0.39 is 0 Å². The van der Waals surface area contributed by atoms with Crippen molar-refractivity contribution >= 4 is 5.78 Å². The maximum absolute atomic E-state index is 11.6. The second-order valence-corrected chi connectivity index (χ2v) is 4.68. The molecule has 2 atom stereocenters. The minimum atomic E-state index is 0.214. The second kappa shape index (κ2) is 3.12. The summed E-state index contributed by atoms with van der Waals surface area (Å²) in [6, 6.07) is 0. The van der Waals surface area contributed by atoms with E-state index in [4.69, 9.17) is 0 Å². The minimum absolute atomic E-state index is 0.214. The number of hydrogen-bond donors (Lipinski definition) is 0. The van der Waals surface area contributed by atoms with Gasteiger partial charge in [-0.15, -0.1) is 0 Å². The zero-order valence-corrected chi connectivity index (χ0v) is 8.86. The number of Topliss-reactive ketones (excluding diaryl/α,β-unsaturated/α-hetero) is 1. The Bertz CT molecular complexity index is 428. The molecule has 0 N–H and O–H groups in total. The largest absolute Gasteiger partial charge is 0.294 e. The van der Waals surface area contributed by atoms with Gasteiger partial charge in [0.05, 0.1) is 11.3 Å². The van der Waals surface area contributed by atoms with Gasteiger partial charge >= 0.3 is 0 Å². The average molecular weight is 202 g/mol. The topological polar surface area (TPSA) is 42.9 Å². The third kappa shape index (κ3) is 1.46. The van der Waals surface area contributed by atoms with E-state index in [9.17, 15) is 4.79 Å². The molecule has 3 heteroatoms. The van der Waals surface area contributed by atoms with Crippen LogP contribution in [0.15, 0.2) is 6.20 Å². The van der Waals surface area contributed by atoms with Crippen LogP contribution >= 0.6 is 0 Å². The monoisotopic (exact) mass is 202 g/mol. The Balaban J connectivity index is 1.98. The number of fused-ring (bicyclic) bond motifs is 1. The van der Waals surface area contributed by atoms with Gasteiger partial charge in [0.25, 0.3) is 0 Å². The molecule has 78 valence electrons. The molecular weight excluding hydrogens is 188 g/mol. The maximum atomic E-state index is 11.6. The van der Waals surface area contributed by atoms with Gasteiger partial charge in [0.2, 0.25) is 0 Å². The number of rotatable bonds is 1. The van der Waals surface area contributed by atoms with Gasteiger partial charge in [-0.2, -0.15) is 0 Å². The zero-order chi connectivity index (χ0) is 10.4. The summed E-state index contributed by atoms with van der Waals surface area (Å²) in [6.07, 6.45) is 5.49. The number of nitrogens with zero attached hydrogens (tertiary/aromatic N) is 2. The lowest BCUT2D eigenvalue weighted by molar-refractivity contribution is 0.0971. The van der Waals surface area contributed by atoms with Crippen molar-refractivity contribution < 1.29 is 4.79 Å². The molecule has 1 heterocycles. The first-order valence-electron chi connectivity index (χ1n) is 5.64. The third-order valence-electron chi connectivity index (χ3n) is 3.45. The summed E-state index contributed by atoms with van der Waals surface area (Å²) in [5.41, 5.74) is 1.74. The number of aromatic nitrogens is 2. The fourth-order valence-corrected chi connectivity index (χ4v) is 2.27. The van der Waals surface area contributed by atoms with Gasteiger partial charge in [-0.25, -0.2) is 9.97 Å². The highest BCUT2D eigenvalue weighted by molar-refractivity contribution is 5.97. The highest BCUT2D eigenvalue weighted by atomic mass is 16.1. The molecule has 3 nitrogen and oxygen atoms in total. The van der Waals surface area contributed by atoms with E-state index in [1.54, 1.807) is 6.20 Å². The summed E-state index contributed by atoms with van der Waals surface area (Å²) in [4.78, 5) is 20.4. The van der Waals surface area contributed by atoms with Crippen molar-refractivity contribution in [3.05, 3.63) is 23.3 Å². The van der Waals surface area contributed by atoms with E-state index in [2.05, 4.69) is 16.9 Å². The molecule has 15 heavy (non-hydrogen) atoms. The quantitative estimate of drug-likeness (QED) is 0.700. The second-order valence-electron chi connectivity index (χ2n) is 4.68. The van der Waals surface area contributed by atoms with E-state index in [1.165, 1.54) is 6.42 Å². The predicted molar refractivity (Wildman–Crippen MR) is 55.8 cm³/mol. The number of carbonyl (C=O) groups is 1. The number of aryl methyl sites for hydroxylation is 1. The van der Waals surface area contributed by atoms with Gasteiger partial charge < -0.3 is 0 Å². The molecule has 0 bridgehead atoms. The maximum Gasteiger partial charge on any atom is 0.166 e. The molecule has 0 spiro atoms. The van der Waals surface area contributed by atoms with Crippen molar-refractivity contribution in [3.8, 4) is 0 Å². The van der Waals surface area contributed by atoms with Crippen LogP contribution in [0.4, 0.5) is 0 Å². The molecule has 2 aliphatic rings. The third-order valence-corrected chi connectivity index (χ3v) is 3.45. The van der Waals surface area contributed by atoms with Gasteiger partial charge in [0, 0.05) is 18.5 Å². The van der Waals surface area contributed by atoms with Crippen LogP contribution in [0.2, 0.25) is 0 Å². The number of ketones is 1. The van der Waals surface area contributed by atoms with Crippen molar-refractivity contribution in [3.63, 3.8) is 0 Å². The Morgan fingerprint density at radius 1 is 1.40 bits per heavy atom. The minimum Gasteiger partial charge on any atom is -0.294 e. The molecule has 0 aliphatic heterocycles. The zero-order valence-electron chi connectivity index (χ0n) is 8.86. The number of hydrogen-bond acceptors (Lipinski definition) is 3. The van der Waals surface area contributed by atoms with Crippen LogP contribution in [0, 0.1) is 5.92 Å². The highest BCUT2D eigenvalue weighted by Gasteiger charge is 2.37. The van der Waals surface area contributed by atoms with Crippen molar-refractivity contribution in [1.29, 1.82) is 0 Å². The van der Waals surface area contributed by atoms with Crippen LogP contribution in [0.25, 0.3) is 0 Å². The molecule has 0 saturated heterocycles. The van der Waals surface area contributed by atoms with Crippen molar-refractivity contribution in [2.24, 2.45) is 5.92 Å². The van der Waals surface area contributed by atoms with Crippen molar-refractivity contribution in [2.45, 2.75) is 38.5 Å². The first kappa shape index (κ1) is 9.01. The van der Waals surface area contributed by atoms with Gasteiger partial charge in [-0.1, -0.05) is 6.92 Å². The molecule has 1 saturated carbocycles. The molecule has 2 unspecified atom stereocenters. The van der Waals surface area contributed by atoms with Crippen LogP contribution in [-0.4, -0.2) is 15.8 Å². The average Bonchev–Trinajstić information content (AvgIpc) is 2.95. The molecule has 2 aliphatic carbocycles. The van der Waals surface area contributed by atoms with Gasteiger partial charge in [-0.05, 0) is 25.2 Å². The molecule has 1 aromatic rings. The van der Waals surface area contributed by atoms with Crippen LogP contribution < -0.4 is 0 Å². The molecule has 1 fully saturated rings. The summed E-state index contributed by atoms with van der Waals surface area (Å²) in [5, 5.41) is 0. The van der Waals surface area contributed by atoms with Crippen LogP contribution in [-0.2, 0) is 6.42 Å². The van der Waals surface area contributed by atoms with Crippen LogP contribution in [0.5, 0.6) is 0 Å². The summed E-state index contributed by atoms with van der Waals surface area (Å²) >= 11 is 0. The molecule has 0 aromatic carbocycles. The first-order chi connectivity index (χ1) is 7.25. The Morgan fingerprint density at radius 2 is 2.20 bits per heavy atom. The van der Waals surface area contributed by atoms with Crippen molar-refractivity contribution in [1.82, 2.24) is 9.97 Å². The lowest BCUT2D eigenvalue weighted by atomic mass is 9.96. The van der Waals surface area contributed by atoms with E-state index >= 15 is 0 Å². The summed E-state index contributed by atoms with van der Waals surface area (Å²) < 4.78 is 0. The van der Waals surface area contributed by atoms with E-state index in [0.717, 1.165) is 35.8 Å². The summed E-state index contributed by atoms with van der Waals surface area (Å²) in [7, 11) is 0. The predicted octanol–water partition coefficient (Wildman–Crippen LogP) is 2.12. The smallest absolute Gasteiger partial charge is 0.166 e. The van der Waals surface area contributed by atoms with Gasteiger partial charge in [0.15, 0.2) is 5.78 Å². The molecule has 1 aromatic heterocycles. The normalized spacial score (nSPS) is 28.7. The Morgan fingerprint density at radius 3 is 2.93 bits per heavy atom. The first-order valence-corrected chi connectivity index (χ1v) is 5.64. The Kier molecular flexibility index (Phi) is 1.87. The lowest BCUT2D eigenvalue weighted by Gasteiger charge is -2.13. The standard InChI is InChI=1S/C12H14N2O/c1-7-5-8(7)12-13-6-9-10(14-12)3-2-4-11(9)15/h6-8H,2-5H2,1H3. The van der Waals surface area contributed by atoms with Gasteiger partial charge in [-0.3, -0.25) is 4.79 Å². The molecule has 0 radical (unpaired) electrons. The molecule has 0 amide bonds. The highest BCUT2D eigenvalue weighted by Crippen LogP contribution is 2.45. The SMILES string of the molecule is CC1CC1c1ncc2c(n1)CCCC2=O. The lowest BCUT2D eigenvalue weighted by Crippen LogP contribution is -2.14. The molecule has 3 rings (SSSR count). The number of carbonyl (C=O) groups excluding carboxylic acids is 1. The summed E-state index contributed by atoms with van der Waals surface area (Å²) in [5.74, 6) is 2.44. The van der Waals surface area contributed by atoms with E-state index in [0.29, 0.717) is 12.3 Å². The Labute approximate surface area is 88.9 Å². The summed E-state index contributed by atoms with van der Waals surface area (Å²) in [6.45, 7) is 2.22. The fraction of sp³-hybridized carbons (Fsp3) is 0.583.